The zero-order chi connectivity index (χ0) is 12.5. The van der Waals surface area contributed by atoms with Gasteiger partial charge in [0, 0.05) is 38.4 Å². The van der Waals surface area contributed by atoms with Crippen molar-refractivity contribution in [1.82, 2.24) is 19.6 Å². The molecule has 1 fully saturated rings. The van der Waals surface area contributed by atoms with E-state index >= 15 is 0 Å². The molecule has 4 nitrogen and oxygen atoms in total. The maximum absolute atomic E-state index is 4.46. The van der Waals surface area contributed by atoms with Crippen molar-refractivity contribution in [3.05, 3.63) is 35.8 Å². The van der Waals surface area contributed by atoms with Crippen LogP contribution in [0.2, 0.25) is 0 Å². The van der Waals surface area contributed by atoms with Crippen LogP contribution in [0, 0.1) is 6.92 Å². The van der Waals surface area contributed by atoms with E-state index in [0.29, 0.717) is 6.04 Å². The van der Waals surface area contributed by atoms with Gasteiger partial charge >= 0.3 is 0 Å². The number of hydrogen-bond donors (Lipinski definition) is 1. The lowest BCUT2D eigenvalue weighted by Crippen LogP contribution is -2.48. The van der Waals surface area contributed by atoms with Crippen molar-refractivity contribution in [2.24, 2.45) is 0 Å². The second kappa shape index (κ2) is 5.90. The molecule has 1 atom stereocenters. The quantitative estimate of drug-likeness (QED) is 0.911. The molecule has 104 valence electrons. The van der Waals surface area contributed by atoms with Crippen LogP contribution in [0.5, 0.6) is 0 Å². The van der Waals surface area contributed by atoms with Crippen molar-refractivity contribution in [3.8, 4) is 0 Å². The van der Waals surface area contributed by atoms with E-state index in [1.54, 1.807) is 0 Å². The minimum Gasteiger partial charge on any atom is -0.312 e. The summed E-state index contributed by atoms with van der Waals surface area (Å²) >= 11 is 0. The van der Waals surface area contributed by atoms with E-state index in [1.807, 2.05) is 6.20 Å². The average molecular weight is 281 g/mol. The van der Waals surface area contributed by atoms with Crippen molar-refractivity contribution >= 4 is 18.1 Å². The zero-order valence-corrected chi connectivity index (χ0v) is 12.3. The summed E-state index contributed by atoms with van der Waals surface area (Å²) in [6.07, 6.45) is 4.17. The van der Waals surface area contributed by atoms with Crippen molar-refractivity contribution in [1.29, 1.82) is 0 Å². The molecule has 2 aromatic rings. The van der Waals surface area contributed by atoms with Gasteiger partial charge in [0.2, 0.25) is 0 Å². The number of aromatic nitrogens is 2. The Labute approximate surface area is 120 Å². The molecule has 0 unspecified atom stereocenters. The molecule has 3 heterocycles. The van der Waals surface area contributed by atoms with Gasteiger partial charge in [-0.05, 0) is 25.5 Å². The number of nitrogens with one attached hydrogen (secondary N) is 1. The fourth-order valence-electron chi connectivity index (χ4n) is 2.64. The smallest absolute Gasteiger partial charge is 0.136 e. The summed E-state index contributed by atoms with van der Waals surface area (Å²) in [5.74, 6) is 0. The van der Waals surface area contributed by atoms with Gasteiger partial charge in [-0.1, -0.05) is 6.07 Å². The SMILES string of the molecule is Cc1ccc2ncc(CN3CCN[C@@H](C)C3)n2c1.Cl. The Kier molecular flexibility index (Phi) is 4.45. The first kappa shape index (κ1) is 14.3. The summed E-state index contributed by atoms with van der Waals surface area (Å²) in [6.45, 7) is 8.65. The number of halogens is 1. The standard InChI is InChI=1S/C14H20N4.ClH/c1-11-3-4-14-16-7-13(18(14)8-11)10-17-6-5-15-12(2)9-17;/h3-4,7-8,12,15H,5-6,9-10H2,1-2H3;1H/t12-;/m0./s1. The highest BCUT2D eigenvalue weighted by Crippen LogP contribution is 2.12. The summed E-state index contributed by atoms with van der Waals surface area (Å²) in [7, 11) is 0. The van der Waals surface area contributed by atoms with Gasteiger partial charge in [-0.25, -0.2) is 4.98 Å². The summed E-state index contributed by atoms with van der Waals surface area (Å²) in [4.78, 5) is 6.96. The predicted octanol–water partition coefficient (Wildman–Crippen LogP) is 1.86. The number of piperazine rings is 1. The van der Waals surface area contributed by atoms with Crippen LogP contribution in [0.1, 0.15) is 18.2 Å². The van der Waals surface area contributed by atoms with E-state index in [4.69, 9.17) is 0 Å². The third-order valence-corrected chi connectivity index (χ3v) is 3.57. The third-order valence-electron chi connectivity index (χ3n) is 3.57. The molecule has 1 saturated heterocycles. The molecule has 3 rings (SSSR count). The highest BCUT2D eigenvalue weighted by atomic mass is 35.5. The Morgan fingerprint density at radius 1 is 1.42 bits per heavy atom. The first-order valence-electron chi connectivity index (χ1n) is 6.61. The van der Waals surface area contributed by atoms with Gasteiger partial charge < -0.3 is 9.72 Å². The van der Waals surface area contributed by atoms with E-state index in [0.717, 1.165) is 31.8 Å². The summed E-state index contributed by atoms with van der Waals surface area (Å²) in [5, 5.41) is 3.47. The number of fused-ring (bicyclic) bond motifs is 1. The van der Waals surface area contributed by atoms with E-state index < -0.39 is 0 Å². The third kappa shape index (κ3) is 3.08. The lowest BCUT2D eigenvalue weighted by Gasteiger charge is -2.31. The molecule has 19 heavy (non-hydrogen) atoms. The molecule has 1 N–H and O–H groups in total. The number of pyridine rings is 1. The maximum Gasteiger partial charge on any atom is 0.136 e. The summed E-state index contributed by atoms with van der Waals surface area (Å²) in [5.41, 5.74) is 3.59. The first-order valence-corrected chi connectivity index (χ1v) is 6.61. The maximum atomic E-state index is 4.46. The molecular formula is C14H21ClN4. The molecule has 2 aromatic heterocycles. The normalized spacial score (nSPS) is 20.4. The first-order chi connectivity index (χ1) is 8.72. The van der Waals surface area contributed by atoms with Crippen LogP contribution < -0.4 is 5.32 Å². The summed E-state index contributed by atoms with van der Waals surface area (Å²) in [6, 6.07) is 4.78. The lowest BCUT2D eigenvalue weighted by atomic mass is 10.2. The van der Waals surface area contributed by atoms with Crippen LogP contribution in [0.15, 0.2) is 24.5 Å². The van der Waals surface area contributed by atoms with Gasteiger partial charge in [0.1, 0.15) is 5.65 Å². The fourth-order valence-corrected chi connectivity index (χ4v) is 2.64. The topological polar surface area (TPSA) is 32.6 Å². The number of imidazole rings is 1. The molecular weight excluding hydrogens is 260 g/mol. The largest absolute Gasteiger partial charge is 0.312 e. The van der Waals surface area contributed by atoms with Gasteiger partial charge in [0.25, 0.3) is 0 Å². The van der Waals surface area contributed by atoms with Crippen LogP contribution in [-0.4, -0.2) is 40.0 Å². The fraction of sp³-hybridized carbons (Fsp3) is 0.500. The van der Waals surface area contributed by atoms with Crippen LogP contribution >= 0.6 is 12.4 Å². The van der Waals surface area contributed by atoms with Crippen LogP contribution in [0.25, 0.3) is 5.65 Å². The van der Waals surface area contributed by atoms with Crippen molar-refractivity contribution in [3.63, 3.8) is 0 Å². The molecule has 5 heteroatoms. The second-order valence-electron chi connectivity index (χ2n) is 5.27. The molecule has 0 saturated carbocycles. The van der Waals surface area contributed by atoms with Crippen LogP contribution in [0.3, 0.4) is 0 Å². The van der Waals surface area contributed by atoms with Gasteiger partial charge in [0.05, 0.1) is 11.9 Å². The van der Waals surface area contributed by atoms with Gasteiger partial charge in [-0.3, -0.25) is 4.90 Å². The second-order valence-corrected chi connectivity index (χ2v) is 5.27. The Hall–Kier alpha value is -1.10. The van der Waals surface area contributed by atoms with Crippen molar-refractivity contribution < 1.29 is 0 Å². The minimum absolute atomic E-state index is 0. The number of hydrogen-bond acceptors (Lipinski definition) is 3. The van der Waals surface area contributed by atoms with Crippen molar-refractivity contribution in [2.45, 2.75) is 26.4 Å². The molecule has 0 aromatic carbocycles. The Balaban J connectivity index is 0.00000133. The molecule has 0 radical (unpaired) electrons. The van der Waals surface area contributed by atoms with Crippen molar-refractivity contribution in [2.75, 3.05) is 19.6 Å². The zero-order valence-electron chi connectivity index (χ0n) is 11.5. The monoisotopic (exact) mass is 280 g/mol. The predicted molar refractivity (Wildman–Crippen MR) is 79.9 cm³/mol. The Morgan fingerprint density at radius 3 is 3.05 bits per heavy atom. The van der Waals surface area contributed by atoms with E-state index in [9.17, 15) is 0 Å². The molecule has 0 aliphatic carbocycles. The van der Waals surface area contributed by atoms with E-state index in [2.05, 4.69) is 51.8 Å². The Bertz CT molecular complexity index is 551. The van der Waals surface area contributed by atoms with Crippen LogP contribution in [0.4, 0.5) is 0 Å². The number of rotatable bonds is 2. The van der Waals surface area contributed by atoms with Gasteiger partial charge in [-0.2, -0.15) is 0 Å². The van der Waals surface area contributed by atoms with E-state index in [-0.39, 0.29) is 12.4 Å². The van der Waals surface area contributed by atoms with E-state index in [1.165, 1.54) is 11.3 Å². The van der Waals surface area contributed by atoms with Crippen LogP contribution in [-0.2, 0) is 6.54 Å². The van der Waals surface area contributed by atoms with Gasteiger partial charge in [0.15, 0.2) is 0 Å². The summed E-state index contributed by atoms with van der Waals surface area (Å²) < 4.78 is 2.21. The molecule has 0 bridgehead atoms. The number of nitrogens with zero attached hydrogens (tertiary/aromatic N) is 3. The average Bonchev–Trinajstić information content (AvgIpc) is 2.72. The highest BCUT2D eigenvalue weighted by molar-refractivity contribution is 5.85. The molecule has 1 aliphatic heterocycles. The van der Waals surface area contributed by atoms with Gasteiger partial charge in [-0.15, -0.1) is 12.4 Å². The molecule has 1 aliphatic rings. The minimum atomic E-state index is 0. The lowest BCUT2D eigenvalue weighted by molar-refractivity contribution is 0.197. The molecule has 0 amide bonds. The Morgan fingerprint density at radius 2 is 2.26 bits per heavy atom. The number of aryl methyl sites for hydroxylation is 1. The molecule has 0 spiro atoms. The highest BCUT2D eigenvalue weighted by Gasteiger charge is 2.16.